The number of benzene rings is 2. The van der Waals surface area contributed by atoms with Crippen LogP contribution >= 0.6 is 0 Å². The number of rotatable bonds is 5. The molecule has 6 heteroatoms. The second kappa shape index (κ2) is 8.00. The fraction of sp³-hybridized carbons (Fsp3) is 0.182. The van der Waals surface area contributed by atoms with Gasteiger partial charge in [-0.05, 0) is 36.8 Å². The smallest absolute Gasteiger partial charge is 0.191 e. The van der Waals surface area contributed by atoms with E-state index in [4.69, 9.17) is 4.42 Å². The molecule has 0 amide bonds. The van der Waals surface area contributed by atoms with E-state index < -0.39 is 0 Å². The van der Waals surface area contributed by atoms with Crippen LogP contribution in [0.1, 0.15) is 16.9 Å². The minimum absolute atomic E-state index is 0.582. The maximum absolute atomic E-state index is 5.95. The predicted octanol–water partition coefficient (Wildman–Crippen LogP) is 3.79. The molecule has 2 N–H and O–H groups in total. The van der Waals surface area contributed by atoms with Crippen molar-refractivity contribution in [2.24, 2.45) is 4.99 Å². The molecule has 142 valence electrons. The summed E-state index contributed by atoms with van der Waals surface area (Å²) in [5.41, 5.74) is 4.28. The number of furan rings is 1. The van der Waals surface area contributed by atoms with E-state index in [9.17, 15) is 0 Å². The van der Waals surface area contributed by atoms with Gasteiger partial charge in [0, 0.05) is 36.9 Å². The Labute approximate surface area is 163 Å². The summed E-state index contributed by atoms with van der Waals surface area (Å²) in [6.45, 7) is 3.34. The highest BCUT2D eigenvalue weighted by Crippen LogP contribution is 2.24. The Kier molecular flexibility index (Phi) is 5.10. The molecule has 0 bridgehead atoms. The minimum atomic E-state index is 0.582. The lowest BCUT2D eigenvalue weighted by molar-refractivity contribution is 0.534. The zero-order valence-corrected chi connectivity index (χ0v) is 16.0. The number of para-hydroxylation sites is 1. The van der Waals surface area contributed by atoms with Crippen molar-refractivity contribution in [1.82, 2.24) is 20.4 Å². The average molecular weight is 373 g/mol. The third kappa shape index (κ3) is 3.76. The normalized spacial score (nSPS) is 11.7. The number of nitrogens with zero attached hydrogens (tertiary/aromatic N) is 3. The first-order valence-corrected chi connectivity index (χ1v) is 9.25. The van der Waals surface area contributed by atoms with Gasteiger partial charge in [0.2, 0.25) is 0 Å². The van der Waals surface area contributed by atoms with Crippen LogP contribution in [-0.4, -0.2) is 22.8 Å². The van der Waals surface area contributed by atoms with Gasteiger partial charge in [0.05, 0.1) is 12.2 Å². The van der Waals surface area contributed by atoms with Crippen LogP contribution in [0.4, 0.5) is 0 Å². The number of nitrogens with one attached hydrogen (secondary N) is 2. The Bertz CT molecular complexity index is 1080. The SMILES string of the molecule is CN=C(NCc1ccc(-n2cccn2)cc1)NCc1oc2ccccc2c1C. The van der Waals surface area contributed by atoms with Gasteiger partial charge in [-0.2, -0.15) is 5.10 Å². The molecular weight excluding hydrogens is 350 g/mol. The monoisotopic (exact) mass is 373 g/mol. The van der Waals surface area contributed by atoms with Crippen LogP contribution in [0.3, 0.4) is 0 Å². The standard InChI is InChI=1S/C22H23N5O/c1-16-19-6-3-4-7-20(19)28-21(16)15-25-22(23-2)24-14-17-8-10-18(11-9-17)27-13-5-12-26-27/h3-13H,14-15H2,1-2H3,(H2,23,24,25). The molecule has 4 aromatic rings. The van der Waals surface area contributed by atoms with Crippen molar-refractivity contribution in [3.63, 3.8) is 0 Å². The summed E-state index contributed by atoms with van der Waals surface area (Å²) >= 11 is 0. The number of fused-ring (bicyclic) bond motifs is 1. The van der Waals surface area contributed by atoms with Crippen molar-refractivity contribution in [3.8, 4) is 5.69 Å². The van der Waals surface area contributed by atoms with E-state index >= 15 is 0 Å². The molecule has 0 saturated heterocycles. The van der Waals surface area contributed by atoms with E-state index in [2.05, 4.69) is 58.0 Å². The third-order valence-corrected chi connectivity index (χ3v) is 4.75. The quantitative estimate of drug-likeness (QED) is 0.413. The number of hydrogen-bond donors (Lipinski definition) is 2. The molecule has 0 atom stereocenters. The molecule has 0 aliphatic rings. The molecule has 2 aromatic heterocycles. The van der Waals surface area contributed by atoms with E-state index in [0.29, 0.717) is 13.1 Å². The lowest BCUT2D eigenvalue weighted by atomic mass is 10.1. The molecule has 0 aliphatic carbocycles. The number of guanidine groups is 1. The molecule has 2 aromatic carbocycles. The van der Waals surface area contributed by atoms with Gasteiger partial charge in [-0.3, -0.25) is 4.99 Å². The van der Waals surface area contributed by atoms with Crippen molar-refractivity contribution in [1.29, 1.82) is 0 Å². The summed E-state index contributed by atoms with van der Waals surface area (Å²) in [5, 5.41) is 12.1. The van der Waals surface area contributed by atoms with Crippen LogP contribution in [-0.2, 0) is 13.1 Å². The highest BCUT2D eigenvalue weighted by atomic mass is 16.3. The third-order valence-electron chi connectivity index (χ3n) is 4.75. The van der Waals surface area contributed by atoms with Gasteiger partial charge in [0.1, 0.15) is 11.3 Å². The molecule has 0 radical (unpaired) electrons. The van der Waals surface area contributed by atoms with Crippen molar-refractivity contribution in [3.05, 3.63) is 83.9 Å². The Balaban J connectivity index is 1.35. The van der Waals surface area contributed by atoms with Crippen LogP contribution in [0.2, 0.25) is 0 Å². The van der Waals surface area contributed by atoms with Gasteiger partial charge in [-0.1, -0.05) is 30.3 Å². The van der Waals surface area contributed by atoms with Crippen LogP contribution in [0.25, 0.3) is 16.7 Å². The number of aliphatic imine (C=N–C) groups is 1. The van der Waals surface area contributed by atoms with Crippen LogP contribution < -0.4 is 10.6 Å². The second-order valence-corrected chi connectivity index (χ2v) is 6.54. The molecule has 2 heterocycles. The van der Waals surface area contributed by atoms with Crippen molar-refractivity contribution >= 4 is 16.9 Å². The fourth-order valence-electron chi connectivity index (χ4n) is 3.15. The fourth-order valence-corrected chi connectivity index (χ4v) is 3.15. The Morgan fingerprint density at radius 2 is 1.82 bits per heavy atom. The number of aromatic nitrogens is 2. The zero-order chi connectivity index (χ0) is 19.3. The number of aryl methyl sites for hydroxylation is 1. The summed E-state index contributed by atoms with van der Waals surface area (Å²) in [6, 6.07) is 18.3. The van der Waals surface area contributed by atoms with E-state index in [-0.39, 0.29) is 0 Å². The van der Waals surface area contributed by atoms with E-state index in [1.165, 1.54) is 5.56 Å². The lowest BCUT2D eigenvalue weighted by Crippen LogP contribution is -2.36. The average Bonchev–Trinajstić information content (AvgIpc) is 3.38. The zero-order valence-electron chi connectivity index (χ0n) is 16.0. The van der Waals surface area contributed by atoms with Crippen molar-refractivity contribution in [2.75, 3.05) is 7.05 Å². The summed E-state index contributed by atoms with van der Waals surface area (Å²) in [5.74, 6) is 1.66. The Hall–Kier alpha value is -3.54. The molecule has 0 saturated carbocycles. The molecule has 0 unspecified atom stereocenters. The molecule has 6 nitrogen and oxygen atoms in total. The van der Waals surface area contributed by atoms with Gasteiger partial charge in [-0.15, -0.1) is 0 Å². The van der Waals surface area contributed by atoms with E-state index in [1.54, 1.807) is 13.2 Å². The lowest BCUT2D eigenvalue weighted by Gasteiger charge is -2.12. The van der Waals surface area contributed by atoms with Gasteiger partial charge >= 0.3 is 0 Å². The maximum atomic E-state index is 5.95. The van der Waals surface area contributed by atoms with Gasteiger partial charge < -0.3 is 15.1 Å². The first-order valence-electron chi connectivity index (χ1n) is 9.25. The van der Waals surface area contributed by atoms with Gasteiger partial charge in [0.25, 0.3) is 0 Å². The van der Waals surface area contributed by atoms with Crippen molar-refractivity contribution < 1.29 is 4.42 Å². The summed E-state index contributed by atoms with van der Waals surface area (Å²) in [6.07, 6.45) is 3.70. The predicted molar refractivity (Wildman–Crippen MR) is 112 cm³/mol. The van der Waals surface area contributed by atoms with E-state index in [1.807, 2.05) is 35.1 Å². The van der Waals surface area contributed by atoms with Crippen molar-refractivity contribution in [2.45, 2.75) is 20.0 Å². The highest BCUT2D eigenvalue weighted by molar-refractivity contribution is 5.82. The molecular formula is C22H23N5O. The van der Waals surface area contributed by atoms with Crippen LogP contribution in [0, 0.1) is 6.92 Å². The molecule has 28 heavy (non-hydrogen) atoms. The Morgan fingerprint density at radius 1 is 1.04 bits per heavy atom. The summed E-state index contributed by atoms with van der Waals surface area (Å²) in [4.78, 5) is 4.30. The molecule has 0 aliphatic heterocycles. The first-order chi connectivity index (χ1) is 13.7. The second-order valence-electron chi connectivity index (χ2n) is 6.54. The Morgan fingerprint density at radius 3 is 2.54 bits per heavy atom. The van der Waals surface area contributed by atoms with Crippen LogP contribution in [0.5, 0.6) is 0 Å². The largest absolute Gasteiger partial charge is 0.459 e. The topological polar surface area (TPSA) is 67.4 Å². The number of hydrogen-bond acceptors (Lipinski definition) is 3. The molecule has 0 spiro atoms. The minimum Gasteiger partial charge on any atom is -0.459 e. The van der Waals surface area contributed by atoms with E-state index in [0.717, 1.165) is 33.9 Å². The first kappa shape index (κ1) is 17.9. The van der Waals surface area contributed by atoms with Gasteiger partial charge in [-0.25, -0.2) is 4.68 Å². The van der Waals surface area contributed by atoms with Crippen LogP contribution in [0.15, 0.2) is 76.4 Å². The maximum Gasteiger partial charge on any atom is 0.191 e. The summed E-state index contributed by atoms with van der Waals surface area (Å²) < 4.78 is 7.79. The highest BCUT2D eigenvalue weighted by Gasteiger charge is 2.10. The van der Waals surface area contributed by atoms with Gasteiger partial charge in [0.15, 0.2) is 5.96 Å². The molecule has 0 fully saturated rings. The molecule has 4 rings (SSSR count). The summed E-state index contributed by atoms with van der Waals surface area (Å²) in [7, 11) is 1.77.